The van der Waals surface area contributed by atoms with Gasteiger partial charge in [-0.1, -0.05) is 35.9 Å². The highest BCUT2D eigenvalue weighted by atomic mass is 35.5. The molecule has 1 N–H and O–H groups in total. The van der Waals surface area contributed by atoms with Crippen molar-refractivity contribution in [3.05, 3.63) is 71.2 Å². The maximum Gasteiger partial charge on any atom is 0.230 e. The molecule has 2 saturated heterocycles. The first-order valence-corrected chi connectivity index (χ1v) is 9.64. The number of carbonyl (C=O) groups excluding carboxylic acids is 2. The van der Waals surface area contributed by atoms with Crippen molar-refractivity contribution in [1.82, 2.24) is 10.2 Å². The number of hydrogen-bond donors (Lipinski definition) is 1. The Balaban J connectivity index is 1.32. The van der Waals surface area contributed by atoms with Crippen molar-refractivity contribution < 1.29 is 18.7 Å². The van der Waals surface area contributed by atoms with E-state index in [0.29, 0.717) is 30.4 Å². The van der Waals surface area contributed by atoms with Gasteiger partial charge in [-0.15, -0.1) is 0 Å². The number of amides is 2. The van der Waals surface area contributed by atoms with Gasteiger partial charge in [0.2, 0.25) is 11.8 Å². The molecule has 4 heterocycles. The number of carbonyl (C=O) groups is 2. The van der Waals surface area contributed by atoms with Crippen molar-refractivity contribution in [2.45, 2.75) is 24.8 Å². The molecular weight excluding hydrogens is 380 g/mol. The summed E-state index contributed by atoms with van der Waals surface area (Å²) in [5.41, 5.74) is 0.237. The Morgan fingerprint density at radius 3 is 2.86 bits per heavy atom. The molecule has 1 aromatic heterocycles. The number of furan rings is 1. The van der Waals surface area contributed by atoms with Gasteiger partial charge in [-0.2, -0.15) is 0 Å². The van der Waals surface area contributed by atoms with Gasteiger partial charge >= 0.3 is 0 Å². The van der Waals surface area contributed by atoms with E-state index < -0.39 is 17.4 Å². The second kappa shape index (κ2) is 6.50. The molecule has 1 spiro atoms. The Hall–Kier alpha value is -2.57. The van der Waals surface area contributed by atoms with Crippen molar-refractivity contribution >= 4 is 23.4 Å². The van der Waals surface area contributed by atoms with Crippen molar-refractivity contribution in [3.8, 4) is 0 Å². The molecule has 2 fully saturated rings. The lowest BCUT2D eigenvalue weighted by Gasteiger charge is -2.23. The van der Waals surface area contributed by atoms with E-state index >= 15 is 0 Å². The number of hydrogen-bond acceptors (Lipinski definition) is 4. The van der Waals surface area contributed by atoms with Crippen LogP contribution in [0.2, 0.25) is 5.02 Å². The second-order valence-electron chi connectivity index (χ2n) is 7.52. The van der Waals surface area contributed by atoms with E-state index in [1.165, 1.54) is 0 Å². The quantitative estimate of drug-likeness (QED) is 0.785. The molecule has 0 saturated carbocycles. The Morgan fingerprint density at radius 2 is 2.11 bits per heavy atom. The minimum Gasteiger partial charge on any atom is -0.467 e. The highest BCUT2D eigenvalue weighted by Crippen LogP contribution is 2.52. The number of rotatable bonds is 5. The smallest absolute Gasteiger partial charge is 0.230 e. The lowest BCUT2D eigenvalue weighted by Crippen LogP contribution is -2.43. The third-order valence-corrected chi connectivity index (χ3v) is 6.04. The van der Waals surface area contributed by atoms with Gasteiger partial charge in [-0.25, -0.2) is 0 Å². The molecule has 5 rings (SSSR count). The predicted molar refractivity (Wildman–Crippen MR) is 101 cm³/mol. The summed E-state index contributed by atoms with van der Waals surface area (Å²) in [7, 11) is 0. The Labute approximate surface area is 167 Å². The van der Waals surface area contributed by atoms with Crippen LogP contribution >= 0.6 is 11.6 Å². The van der Waals surface area contributed by atoms with E-state index in [0.717, 1.165) is 5.56 Å². The number of fused-ring (bicyclic) bond motifs is 1. The topological polar surface area (TPSA) is 71.8 Å². The highest BCUT2D eigenvalue weighted by molar-refractivity contribution is 6.30. The maximum atomic E-state index is 13.1. The summed E-state index contributed by atoms with van der Waals surface area (Å²) in [4.78, 5) is 27.8. The molecule has 0 unspecified atom stereocenters. The number of benzene rings is 1. The van der Waals surface area contributed by atoms with E-state index in [2.05, 4.69) is 5.32 Å². The fraction of sp³-hybridized carbons (Fsp3) is 0.333. The van der Waals surface area contributed by atoms with Crippen LogP contribution in [0.1, 0.15) is 11.3 Å². The zero-order valence-corrected chi connectivity index (χ0v) is 15.8. The van der Waals surface area contributed by atoms with Crippen molar-refractivity contribution in [3.63, 3.8) is 0 Å². The average Bonchev–Trinajstić information content (AvgIpc) is 3.45. The SMILES string of the molecule is O=C(NCc1ccc(Cl)cc1)[C@H]1[C@H]2C=C[C@]3(CN(Cc4ccco4)C(=O)[C@@H]13)O2. The largest absolute Gasteiger partial charge is 0.467 e. The minimum atomic E-state index is -0.712. The first kappa shape index (κ1) is 17.5. The molecule has 0 aliphatic carbocycles. The van der Waals surface area contributed by atoms with Crippen molar-refractivity contribution in [2.24, 2.45) is 11.8 Å². The van der Waals surface area contributed by atoms with E-state index in [-0.39, 0.29) is 17.9 Å². The highest BCUT2D eigenvalue weighted by Gasteiger charge is 2.66. The van der Waals surface area contributed by atoms with E-state index in [9.17, 15) is 9.59 Å². The van der Waals surface area contributed by atoms with E-state index in [1.807, 2.05) is 30.4 Å². The van der Waals surface area contributed by atoms with Gasteiger partial charge in [0, 0.05) is 11.6 Å². The van der Waals surface area contributed by atoms with Crippen LogP contribution in [0.3, 0.4) is 0 Å². The number of ether oxygens (including phenoxy) is 1. The molecule has 6 nitrogen and oxygen atoms in total. The van der Waals surface area contributed by atoms with Gasteiger partial charge in [0.15, 0.2) is 0 Å². The monoisotopic (exact) mass is 398 g/mol. The van der Waals surface area contributed by atoms with Gasteiger partial charge in [0.25, 0.3) is 0 Å². The molecule has 0 radical (unpaired) electrons. The molecule has 1 aromatic carbocycles. The maximum absolute atomic E-state index is 13.1. The minimum absolute atomic E-state index is 0.0603. The van der Waals surface area contributed by atoms with Crippen LogP contribution in [0.15, 0.2) is 59.2 Å². The van der Waals surface area contributed by atoms with Gasteiger partial charge in [-0.05, 0) is 29.8 Å². The van der Waals surface area contributed by atoms with Crippen LogP contribution in [0.5, 0.6) is 0 Å². The summed E-state index contributed by atoms with van der Waals surface area (Å²) < 4.78 is 11.5. The predicted octanol–water partition coefficient (Wildman–Crippen LogP) is 2.53. The normalized spacial score (nSPS) is 30.1. The lowest BCUT2D eigenvalue weighted by molar-refractivity contribution is -0.138. The van der Waals surface area contributed by atoms with Crippen LogP contribution in [0, 0.1) is 11.8 Å². The van der Waals surface area contributed by atoms with Crippen molar-refractivity contribution in [2.75, 3.05) is 6.54 Å². The van der Waals surface area contributed by atoms with E-state index in [1.54, 1.807) is 29.4 Å². The number of nitrogens with one attached hydrogen (secondary N) is 1. The van der Waals surface area contributed by atoms with Crippen LogP contribution in [-0.2, 0) is 27.4 Å². The fourth-order valence-corrected chi connectivity index (χ4v) is 4.64. The number of halogens is 1. The molecule has 144 valence electrons. The summed E-state index contributed by atoms with van der Waals surface area (Å²) >= 11 is 5.90. The summed E-state index contributed by atoms with van der Waals surface area (Å²) in [5.74, 6) is -0.527. The van der Waals surface area contributed by atoms with Crippen LogP contribution < -0.4 is 5.32 Å². The lowest BCUT2D eigenvalue weighted by atomic mass is 9.77. The third-order valence-electron chi connectivity index (χ3n) is 5.79. The zero-order chi connectivity index (χ0) is 19.3. The summed E-state index contributed by atoms with van der Waals surface area (Å²) in [6.45, 7) is 1.20. The first-order valence-electron chi connectivity index (χ1n) is 9.26. The summed E-state index contributed by atoms with van der Waals surface area (Å²) in [5, 5.41) is 3.60. The average molecular weight is 399 g/mol. The third kappa shape index (κ3) is 2.75. The van der Waals surface area contributed by atoms with Gasteiger partial charge in [0.1, 0.15) is 11.4 Å². The molecular formula is C21H19ClN2O4. The molecule has 2 amide bonds. The number of likely N-dealkylation sites (tertiary alicyclic amines) is 1. The van der Waals surface area contributed by atoms with Gasteiger partial charge in [-0.3, -0.25) is 9.59 Å². The molecule has 2 aromatic rings. The summed E-state index contributed by atoms with van der Waals surface area (Å²) in [6.07, 6.45) is 5.09. The van der Waals surface area contributed by atoms with Crippen LogP contribution in [0.4, 0.5) is 0 Å². The molecule has 3 aliphatic heterocycles. The van der Waals surface area contributed by atoms with E-state index in [4.69, 9.17) is 20.8 Å². The number of nitrogens with zero attached hydrogens (tertiary/aromatic N) is 1. The van der Waals surface area contributed by atoms with Gasteiger partial charge < -0.3 is 19.4 Å². The zero-order valence-electron chi connectivity index (χ0n) is 15.0. The summed E-state index contributed by atoms with van der Waals surface area (Å²) in [6, 6.07) is 10.9. The molecule has 7 heteroatoms. The van der Waals surface area contributed by atoms with Gasteiger partial charge in [0.05, 0.1) is 37.3 Å². The standard InChI is InChI=1S/C21H19ClN2O4/c22-14-5-3-13(4-6-14)10-23-19(25)17-16-7-8-21(28-16)12-24(20(26)18(17)21)11-15-2-1-9-27-15/h1-9,16-18H,10-12H2,(H,23,25)/t16-,17+,18-,21-/m1/s1. The first-order chi connectivity index (χ1) is 13.6. The van der Waals surface area contributed by atoms with Crippen molar-refractivity contribution in [1.29, 1.82) is 0 Å². The molecule has 28 heavy (non-hydrogen) atoms. The Morgan fingerprint density at radius 1 is 1.29 bits per heavy atom. The molecule has 4 atom stereocenters. The molecule has 2 bridgehead atoms. The van der Waals surface area contributed by atoms with Crippen LogP contribution in [-0.4, -0.2) is 35.0 Å². The van der Waals surface area contributed by atoms with Crippen LogP contribution in [0.25, 0.3) is 0 Å². The Kier molecular flexibility index (Phi) is 4.07. The molecule has 3 aliphatic rings. The fourth-order valence-electron chi connectivity index (χ4n) is 4.51. The Bertz CT molecular complexity index is 940. The second-order valence-corrected chi connectivity index (χ2v) is 7.95.